The van der Waals surface area contributed by atoms with Crippen molar-refractivity contribution < 1.29 is 64.2 Å². The van der Waals surface area contributed by atoms with Crippen molar-refractivity contribution in [3.63, 3.8) is 0 Å². The molecule has 4 heterocycles. The van der Waals surface area contributed by atoms with Gasteiger partial charge in [-0.3, -0.25) is 28.9 Å². The van der Waals surface area contributed by atoms with Crippen molar-refractivity contribution >= 4 is 69.6 Å². The summed E-state index contributed by atoms with van der Waals surface area (Å²) in [6, 6.07) is 14.3. The second kappa shape index (κ2) is 23.2. The molecule has 3 aromatic carbocycles. The van der Waals surface area contributed by atoms with Crippen LogP contribution in [0.15, 0.2) is 78.4 Å². The predicted octanol–water partition coefficient (Wildman–Crippen LogP) is 9.25. The fourth-order valence-corrected chi connectivity index (χ4v) is 10.1. The normalized spacial score (nSPS) is 16.0. The Kier molecular flexibility index (Phi) is 17.3. The van der Waals surface area contributed by atoms with E-state index in [9.17, 15) is 55.6 Å². The molecule has 3 N–H and O–H groups in total. The Labute approximate surface area is 452 Å². The van der Waals surface area contributed by atoms with E-state index >= 15 is 4.39 Å². The molecule has 412 valence electrons. The lowest BCUT2D eigenvalue weighted by Gasteiger charge is -2.35. The molecule has 7 rings (SSSR count). The van der Waals surface area contributed by atoms with Gasteiger partial charge < -0.3 is 35.2 Å². The highest BCUT2D eigenvalue weighted by molar-refractivity contribution is 7.81. The summed E-state index contributed by atoms with van der Waals surface area (Å²) in [4.78, 5) is 79.0. The van der Waals surface area contributed by atoms with E-state index in [1.54, 1.807) is 37.6 Å². The molecule has 0 bridgehead atoms. The lowest BCUT2D eigenvalue weighted by molar-refractivity contribution is -0.144. The molecule has 1 unspecified atom stereocenters. The number of nitrogens with one attached hydrogen (secondary N) is 3. The molecule has 0 spiro atoms. The van der Waals surface area contributed by atoms with Crippen LogP contribution in [0.1, 0.15) is 92.2 Å². The molecule has 2 aromatic heterocycles. The van der Waals surface area contributed by atoms with Gasteiger partial charge >= 0.3 is 12.4 Å². The summed E-state index contributed by atoms with van der Waals surface area (Å²) < 4.78 is 112. The molecule has 5 amide bonds. The first-order valence-corrected chi connectivity index (χ1v) is 25.5. The molecule has 0 saturated carbocycles. The topological polar surface area (TPSA) is 199 Å². The summed E-state index contributed by atoms with van der Waals surface area (Å²) in [6.07, 6.45) is -8.27. The van der Waals surface area contributed by atoms with Gasteiger partial charge in [0.2, 0.25) is 23.6 Å². The molecule has 2 saturated heterocycles. The van der Waals surface area contributed by atoms with Gasteiger partial charge in [-0.2, -0.15) is 31.6 Å². The van der Waals surface area contributed by atoms with Gasteiger partial charge in [0.15, 0.2) is 10.9 Å². The Hall–Kier alpha value is -7.56. The number of amides is 5. The van der Waals surface area contributed by atoms with Crippen LogP contribution in [0.5, 0.6) is 11.6 Å². The number of pyridine rings is 1. The van der Waals surface area contributed by atoms with Crippen LogP contribution < -0.4 is 30.5 Å². The van der Waals surface area contributed by atoms with Crippen LogP contribution in [-0.4, -0.2) is 93.4 Å². The van der Waals surface area contributed by atoms with Crippen LogP contribution in [0, 0.1) is 29.5 Å². The maximum Gasteiger partial charge on any atom is 0.421 e. The number of hydrogen-bond acceptors (Lipinski definition) is 12. The number of likely N-dealkylation sites (tertiary alicyclic amines) is 1. The third-order valence-corrected chi connectivity index (χ3v) is 14.2. The number of benzene rings is 3. The monoisotopic (exact) mass is 1120 g/mol. The average Bonchev–Trinajstić information content (AvgIpc) is 4.23. The standard InChI is InChI=1S/C53H52F7N9O7S2/c1-29-42(78-28-65-29)31-12-10-30(11-13-31)25-63-45(72)38-9-7-21-67(38)47(73)43(50(2,3)4)66-39(70)27-75-22-8-20-62-44(71)32-14-17-35(18-15-32)76-46-36(52(55,56)57)23-34(26-64-46)69-49(77)68(48(74)51(69,5)6)37-19-16-33(24-61)40(41(37)54)53(58,59)60/h10-19,23,26,28,38,43H,7-9,20-22,25,27H2,1-6H3,(H,62,71)(H,63,72)(H,66,70)/t38?,43-/m1/s1. The molecule has 2 fully saturated rings. The Morgan fingerprint density at radius 1 is 0.962 bits per heavy atom. The Morgan fingerprint density at radius 2 is 1.65 bits per heavy atom. The van der Waals surface area contributed by atoms with Crippen molar-refractivity contribution in [2.45, 2.75) is 97.3 Å². The van der Waals surface area contributed by atoms with Gasteiger partial charge in [-0.05, 0) is 111 Å². The number of ether oxygens (including phenoxy) is 2. The molecule has 0 aliphatic carbocycles. The van der Waals surface area contributed by atoms with Crippen LogP contribution in [0.3, 0.4) is 0 Å². The largest absolute Gasteiger partial charge is 0.438 e. The zero-order valence-electron chi connectivity index (χ0n) is 42.8. The molecule has 16 nitrogen and oxygen atoms in total. The zero-order valence-corrected chi connectivity index (χ0v) is 44.5. The molecule has 25 heteroatoms. The van der Waals surface area contributed by atoms with Gasteiger partial charge in [0, 0.05) is 31.8 Å². The van der Waals surface area contributed by atoms with Crippen LogP contribution in [-0.2, 0) is 42.8 Å². The number of aromatic nitrogens is 2. The van der Waals surface area contributed by atoms with Gasteiger partial charge in [-0.25, -0.2) is 14.4 Å². The molecule has 2 atom stereocenters. The number of halogens is 7. The van der Waals surface area contributed by atoms with Crippen molar-refractivity contribution in [2.24, 2.45) is 5.41 Å². The second-order valence-corrected chi connectivity index (χ2v) is 21.0. The Morgan fingerprint density at radius 3 is 2.27 bits per heavy atom. The van der Waals surface area contributed by atoms with Gasteiger partial charge in [-0.15, -0.1) is 11.3 Å². The molecule has 2 aliphatic heterocycles. The van der Waals surface area contributed by atoms with E-state index in [2.05, 4.69) is 25.9 Å². The number of aryl methyl sites for hydroxylation is 1. The molecule has 5 aromatic rings. The minimum absolute atomic E-state index is 0.0397. The number of nitriles is 1. The van der Waals surface area contributed by atoms with Crippen LogP contribution in [0.2, 0.25) is 0 Å². The summed E-state index contributed by atoms with van der Waals surface area (Å²) in [6.45, 7) is 10.1. The SMILES string of the molecule is Cc1ncsc1-c1ccc(CNC(=O)C2CCCN2C(=O)[C@@H](NC(=O)COCCCNC(=O)c2ccc(Oc3ncc(N4C(=S)N(c5ccc(C#N)c(C(F)(F)F)c5F)C(=O)C4(C)C)cc3C(F)(F)F)cc2)C(C)(C)C)cc1. The summed E-state index contributed by atoms with van der Waals surface area (Å²) in [5.41, 5.74) is -3.76. The number of anilines is 2. The van der Waals surface area contributed by atoms with Crippen LogP contribution in [0.25, 0.3) is 10.4 Å². The molecule has 0 radical (unpaired) electrons. The molecular formula is C53H52F7N9O7S2. The van der Waals surface area contributed by atoms with Gasteiger partial charge in [-0.1, -0.05) is 45.0 Å². The van der Waals surface area contributed by atoms with Crippen molar-refractivity contribution in [3.05, 3.63) is 118 Å². The number of alkyl halides is 6. The maximum atomic E-state index is 15.5. The fourth-order valence-electron chi connectivity index (χ4n) is 8.81. The third kappa shape index (κ3) is 12.7. The molecule has 2 aliphatic rings. The summed E-state index contributed by atoms with van der Waals surface area (Å²) in [5.74, 6) is -6.00. The number of carbonyl (C=O) groups is 5. The fraction of sp³-hybridized carbons (Fsp3) is 0.377. The number of nitrogens with zero attached hydrogens (tertiary/aromatic N) is 6. The smallest absolute Gasteiger partial charge is 0.421 e. The Balaban J connectivity index is 0.885. The van der Waals surface area contributed by atoms with Gasteiger partial charge in [0.25, 0.3) is 11.8 Å². The van der Waals surface area contributed by atoms with E-state index in [1.165, 1.54) is 49.1 Å². The quantitative estimate of drug-likeness (QED) is 0.0454. The third-order valence-electron chi connectivity index (χ3n) is 12.8. The highest BCUT2D eigenvalue weighted by Gasteiger charge is 2.53. The van der Waals surface area contributed by atoms with Crippen LogP contribution >= 0.6 is 23.6 Å². The van der Waals surface area contributed by atoms with E-state index in [4.69, 9.17) is 21.7 Å². The van der Waals surface area contributed by atoms with E-state index in [1.807, 2.05) is 31.2 Å². The lowest BCUT2D eigenvalue weighted by atomic mass is 9.85. The minimum atomic E-state index is -5.35. The highest BCUT2D eigenvalue weighted by atomic mass is 32.1. The van der Waals surface area contributed by atoms with Crippen molar-refractivity contribution in [2.75, 3.05) is 36.1 Å². The number of carbonyl (C=O) groups excluding carboxylic acids is 5. The summed E-state index contributed by atoms with van der Waals surface area (Å²) in [7, 11) is 0. The average molecular weight is 1120 g/mol. The second-order valence-electron chi connectivity index (χ2n) is 19.8. The number of thiazole rings is 1. The first kappa shape index (κ1) is 58.1. The lowest BCUT2D eigenvalue weighted by Crippen LogP contribution is -2.58. The highest BCUT2D eigenvalue weighted by Crippen LogP contribution is 2.45. The number of thiocarbonyl (C=S) groups is 1. The minimum Gasteiger partial charge on any atom is -0.438 e. The van der Waals surface area contributed by atoms with Crippen LogP contribution in [0.4, 0.5) is 42.1 Å². The summed E-state index contributed by atoms with van der Waals surface area (Å²) >= 11 is 6.90. The van der Waals surface area contributed by atoms with E-state index in [0.29, 0.717) is 36.4 Å². The summed E-state index contributed by atoms with van der Waals surface area (Å²) in [5, 5.41) is 16.9. The Bertz CT molecular complexity index is 3160. The molecular weight excluding hydrogens is 1070 g/mol. The maximum absolute atomic E-state index is 15.5. The van der Waals surface area contributed by atoms with E-state index in [-0.39, 0.29) is 49.2 Å². The number of rotatable bonds is 17. The van der Waals surface area contributed by atoms with E-state index < -0.39 is 105 Å². The van der Waals surface area contributed by atoms with Gasteiger partial charge in [0.1, 0.15) is 41.1 Å². The zero-order chi connectivity index (χ0) is 57.1. The van der Waals surface area contributed by atoms with Crippen molar-refractivity contribution in [1.29, 1.82) is 5.26 Å². The van der Waals surface area contributed by atoms with Gasteiger partial charge in [0.05, 0.1) is 45.3 Å². The van der Waals surface area contributed by atoms with Crippen molar-refractivity contribution in [1.82, 2.24) is 30.8 Å². The van der Waals surface area contributed by atoms with E-state index in [0.717, 1.165) is 38.9 Å². The number of hydrogen-bond donors (Lipinski definition) is 3. The predicted molar refractivity (Wildman–Crippen MR) is 277 cm³/mol. The molecule has 78 heavy (non-hydrogen) atoms. The first-order chi connectivity index (χ1) is 36.6. The van der Waals surface area contributed by atoms with Crippen molar-refractivity contribution in [3.8, 4) is 28.1 Å². The first-order valence-electron chi connectivity index (χ1n) is 24.2.